The van der Waals surface area contributed by atoms with Crippen LogP contribution in [0.15, 0.2) is 53.5 Å². The smallest absolute Gasteiger partial charge is 0.260 e. The molecule has 3 aromatic rings. The van der Waals surface area contributed by atoms with E-state index in [0.29, 0.717) is 32.2 Å². The Kier molecular flexibility index (Phi) is 5.28. The monoisotopic (exact) mass is 421 g/mol. The highest BCUT2D eigenvalue weighted by Gasteiger charge is 2.36. The maximum atomic E-state index is 13.0. The SMILES string of the molecule is COCCn1ccc2c(OCC(=O)N3C[C@H]4C[C@@H](C3)c3cccc(=O)n3C4)cccc21. The summed E-state index contributed by atoms with van der Waals surface area (Å²) in [6, 6.07) is 13.4. The molecule has 7 nitrogen and oxygen atoms in total. The molecule has 162 valence electrons. The van der Waals surface area contributed by atoms with Gasteiger partial charge in [0.05, 0.1) is 12.1 Å². The number of rotatable bonds is 6. The number of benzene rings is 1. The van der Waals surface area contributed by atoms with Gasteiger partial charge in [0.25, 0.3) is 11.5 Å². The van der Waals surface area contributed by atoms with Crippen LogP contribution in [0, 0.1) is 5.92 Å². The van der Waals surface area contributed by atoms with E-state index < -0.39 is 0 Å². The number of aromatic nitrogens is 2. The van der Waals surface area contributed by atoms with E-state index in [1.165, 1.54) is 0 Å². The number of methoxy groups -OCH3 is 1. The van der Waals surface area contributed by atoms with Crippen molar-refractivity contribution in [3.63, 3.8) is 0 Å². The second-order valence-corrected chi connectivity index (χ2v) is 8.48. The summed E-state index contributed by atoms with van der Waals surface area (Å²) in [7, 11) is 1.69. The fourth-order valence-electron chi connectivity index (χ4n) is 5.04. The second kappa shape index (κ2) is 8.23. The van der Waals surface area contributed by atoms with Crippen LogP contribution in [0.25, 0.3) is 10.9 Å². The molecule has 1 fully saturated rings. The Labute approximate surface area is 180 Å². The average Bonchev–Trinajstić information content (AvgIpc) is 3.20. The summed E-state index contributed by atoms with van der Waals surface area (Å²) in [6.07, 6.45) is 3.05. The fraction of sp³-hybridized carbons (Fsp3) is 0.417. The lowest BCUT2D eigenvalue weighted by atomic mass is 9.83. The number of likely N-dealkylation sites (tertiary alicyclic amines) is 1. The second-order valence-electron chi connectivity index (χ2n) is 8.48. The molecular weight excluding hydrogens is 394 g/mol. The maximum Gasteiger partial charge on any atom is 0.260 e. The molecule has 0 saturated carbocycles. The van der Waals surface area contributed by atoms with E-state index in [2.05, 4.69) is 4.57 Å². The van der Waals surface area contributed by atoms with Crippen molar-refractivity contribution < 1.29 is 14.3 Å². The van der Waals surface area contributed by atoms with Gasteiger partial charge in [0.1, 0.15) is 5.75 Å². The minimum absolute atomic E-state index is 0.00255. The van der Waals surface area contributed by atoms with Crippen LogP contribution in [0.2, 0.25) is 0 Å². The summed E-state index contributed by atoms with van der Waals surface area (Å²) in [5, 5.41) is 0.996. The molecule has 2 aliphatic heterocycles. The molecule has 1 amide bonds. The number of nitrogens with zero attached hydrogens (tertiary/aromatic N) is 3. The van der Waals surface area contributed by atoms with Gasteiger partial charge >= 0.3 is 0 Å². The Balaban J connectivity index is 1.28. The molecule has 1 aromatic carbocycles. The van der Waals surface area contributed by atoms with Crippen LogP contribution in [0.5, 0.6) is 5.75 Å². The first-order chi connectivity index (χ1) is 15.1. The van der Waals surface area contributed by atoms with Gasteiger partial charge in [-0.1, -0.05) is 12.1 Å². The molecule has 7 heteroatoms. The number of pyridine rings is 1. The van der Waals surface area contributed by atoms with Crippen LogP contribution in [0.3, 0.4) is 0 Å². The highest BCUT2D eigenvalue weighted by molar-refractivity contribution is 5.87. The van der Waals surface area contributed by atoms with Crippen molar-refractivity contribution in [2.75, 3.05) is 33.4 Å². The molecule has 0 N–H and O–H groups in total. The minimum atomic E-state index is -0.00255. The van der Waals surface area contributed by atoms with Crippen molar-refractivity contribution in [1.82, 2.24) is 14.0 Å². The molecule has 0 spiro atoms. The van der Waals surface area contributed by atoms with Crippen molar-refractivity contribution in [3.05, 3.63) is 64.7 Å². The molecule has 5 rings (SSSR count). The normalized spacial score (nSPS) is 20.0. The van der Waals surface area contributed by atoms with Gasteiger partial charge in [-0.05, 0) is 36.6 Å². The highest BCUT2D eigenvalue weighted by atomic mass is 16.5. The zero-order chi connectivity index (χ0) is 21.4. The fourth-order valence-corrected chi connectivity index (χ4v) is 5.04. The maximum absolute atomic E-state index is 13.0. The van der Waals surface area contributed by atoms with E-state index in [1.54, 1.807) is 13.2 Å². The molecule has 0 unspecified atom stereocenters. The lowest BCUT2D eigenvalue weighted by Crippen LogP contribution is -2.50. The van der Waals surface area contributed by atoms with Crippen molar-refractivity contribution >= 4 is 16.8 Å². The average molecular weight is 421 g/mol. The predicted octanol–water partition coefficient (Wildman–Crippen LogP) is 2.47. The molecule has 0 aliphatic carbocycles. The first-order valence-electron chi connectivity index (χ1n) is 10.8. The third kappa shape index (κ3) is 3.74. The molecule has 2 aliphatic rings. The molecule has 0 radical (unpaired) electrons. The molecular formula is C24H27N3O4. The number of hydrogen-bond donors (Lipinski definition) is 0. The highest BCUT2D eigenvalue weighted by Crippen LogP contribution is 2.35. The molecule has 2 bridgehead atoms. The Morgan fingerprint density at radius 2 is 1.97 bits per heavy atom. The van der Waals surface area contributed by atoms with E-state index >= 15 is 0 Å². The van der Waals surface area contributed by atoms with Gasteiger partial charge in [0.2, 0.25) is 0 Å². The molecule has 1 saturated heterocycles. The van der Waals surface area contributed by atoms with Crippen LogP contribution in [0.4, 0.5) is 0 Å². The van der Waals surface area contributed by atoms with Crippen LogP contribution >= 0.6 is 0 Å². The Morgan fingerprint density at radius 1 is 1.10 bits per heavy atom. The lowest BCUT2D eigenvalue weighted by Gasteiger charge is -2.42. The van der Waals surface area contributed by atoms with Gasteiger partial charge in [-0.25, -0.2) is 0 Å². The van der Waals surface area contributed by atoms with Crippen LogP contribution in [0.1, 0.15) is 18.0 Å². The van der Waals surface area contributed by atoms with Crippen LogP contribution in [-0.4, -0.2) is 53.4 Å². The summed E-state index contributed by atoms with van der Waals surface area (Å²) in [4.78, 5) is 27.1. The van der Waals surface area contributed by atoms with Gasteiger partial charge in [-0.3, -0.25) is 9.59 Å². The lowest BCUT2D eigenvalue weighted by molar-refractivity contribution is -0.136. The minimum Gasteiger partial charge on any atom is -0.483 e. The first-order valence-corrected chi connectivity index (χ1v) is 10.8. The zero-order valence-corrected chi connectivity index (χ0v) is 17.7. The van der Waals surface area contributed by atoms with Crippen molar-refractivity contribution in [2.24, 2.45) is 5.92 Å². The van der Waals surface area contributed by atoms with Gasteiger partial charge in [-0.2, -0.15) is 0 Å². The van der Waals surface area contributed by atoms with E-state index in [9.17, 15) is 9.59 Å². The number of hydrogen-bond acceptors (Lipinski definition) is 4. The number of ether oxygens (including phenoxy) is 2. The predicted molar refractivity (Wildman–Crippen MR) is 117 cm³/mol. The topological polar surface area (TPSA) is 65.7 Å². The number of piperidine rings is 1. The largest absolute Gasteiger partial charge is 0.483 e. The summed E-state index contributed by atoms with van der Waals surface area (Å²) in [5.74, 6) is 1.24. The summed E-state index contributed by atoms with van der Waals surface area (Å²) in [5.41, 5.74) is 2.17. The van der Waals surface area contributed by atoms with Gasteiger partial charge in [0, 0.05) is 62.6 Å². The zero-order valence-electron chi connectivity index (χ0n) is 17.7. The van der Waals surface area contributed by atoms with E-state index in [0.717, 1.165) is 35.3 Å². The summed E-state index contributed by atoms with van der Waals surface area (Å²) in [6.45, 7) is 3.42. The Morgan fingerprint density at radius 3 is 2.84 bits per heavy atom. The number of carbonyl (C=O) groups excluding carboxylic acids is 1. The quantitative estimate of drug-likeness (QED) is 0.613. The van der Waals surface area contributed by atoms with Gasteiger partial charge in [0.15, 0.2) is 6.61 Å². The summed E-state index contributed by atoms with van der Waals surface area (Å²) < 4.78 is 15.2. The van der Waals surface area contributed by atoms with Crippen LogP contribution < -0.4 is 10.3 Å². The Hall–Kier alpha value is -3.06. The number of fused-ring (bicyclic) bond motifs is 5. The van der Waals surface area contributed by atoms with Crippen molar-refractivity contribution in [2.45, 2.75) is 25.4 Å². The third-order valence-electron chi connectivity index (χ3n) is 6.49. The molecule has 2 atom stereocenters. The Bertz CT molecular complexity index is 1170. The van der Waals surface area contributed by atoms with Crippen molar-refractivity contribution in [1.29, 1.82) is 0 Å². The van der Waals surface area contributed by atoms with Gasteiger partial charge in [-0.15, -0.1) is 0 Å². The summed E-state index contributed by atoms with van der Waals surface area (Å²) >= 11 is 0. The first kappa shape index (κ1) is 19.9. The van der Waals surface area contributed by atoms with Crippen LogP contribution in [-0.2, 0) is 22.6 Å². The van der Waals surface area contributed by atoms with E-state index in [1.807, 2.05) is 52.1 Å². The number of carbonyl (C=O) groups is 1. The van der Waals surface area contributed by atoms with E-state index in [4.69, 9.17) is 9.47 Å². The molecule has 2 aromatic heterocycles. The third-order valence-corrected chi connectivity index (χ3v) is 6.49. The molecule has 4 heterocycles. The van der Waals surface area contributed by atoms with Gasteiger partial charge < -0.3 is 23.5 Å². The molecule has 31 heavy (non-hydrogen) atoms. The standard InChI is InChI=1S/C24H27N3O4/c1-30-11-10-25-9-8-19-21(25)5-2-6-22(19)31-16-24(29)26-13-17-12-18(15-26)20-4-3-7-23(28)27(20)14-17/h2-9,17-18H,10-16H2,1H3/t17-,18+/m1/s1. The number of amides is 1. The van der Waals surface area contributed by atoms with E-state index in [-0.39, 0.29) is 24.0 Å². The van der Waals surface area contributed by atoms with Crippen molar-refractivity contribution in [3.8, 4) is 5.75 Å².